The van der Waals surface area contributed by atoms with E-state index in [1.54, 1.807) is 36.4 Å². The zero-order valence-corrected chi connectivity index (χ0v) is 14.3. The molecule has 0 heterocycles. The van der Waals surface area contributed by atoms with Crippen LogP contribution < -0.4 is 9.46 Å². The number of para-hydroxylation sites is 1. The highest BCUT2D eigenvalue weighted by Gasteiger charge is 2.22. The largest absolute Gasteiger partial charge is 0.471 e. The molecule has 0 aromatic heterocycles. The van der Waals surface area contributed by atoms with E-state index in [2.05, 4.69) is 4.72 Å². The molecule has 1 atom stereocenters. The summed E-state index contributed by atoms with van der Waals surface area (Å²) in [5.74, 6) is 0.602. The number of hydrogen-bond acceptors (Lipinski definition) is 3. The fourth-order valence-electron chi connectivity index (χ4n) is 1.92. The lowest BCUT2D eigenvalue weighted by atomic mass is 10.2. The Kier molecular flexibility index (Phi) is 5.58. The molecule has 4 nitrogen and oxygen atoms in total. The van der Waals surface area contributed by atoms with Gasteiger partial charge in [-0.3, -0.25) is 0 Å². The molecule has 2 aromatic carbocycles. The van der Waals surface area contributed by atoms with E-state index >= 15 is 0 Å². The molecule has 1 N–H and O–H groups in total. The molecule has 2 aromatic rings. The zero-order chi connectivity index (χ0) is 16.9. The number of hydrogen-bond donors (Lipinski definition) is 1. The topological polar surface area (TPSA) is 55.4 Å². The second kappa shape index (κ2) is 7.44. The van der Waals surface area contributed by atoms with Crippen molar-refractivity contribution in [2.24, 2.45) is 0 Å². The maximum Gasteiger partial charge on any atom is 0.243 e. The summed E-state index contributed by atoms with van der Waals surface area (Å²) in [4.78, 5) is 0.216. The van der Waals surface area contributed by atoms with Crippen LogP contribution in [0.1, 0.15) is 19.4 Å². The molecule has 0 bridgehead atoms. The van der Waals surface area contributed by atoms with Gasteiger partial charge in [-0.2, -0.15) is 4.72 Å². The Balaban J connectivity index is 2.25. The minimum Gasteiger partial charge on any atom is -0.471 e. The maximum atomic E-state index is 12.5. The van der Waals surface area contributed by atoms with Gasteiger partial charge in [0.15, 0.2) is 6.23 Å². The Morgan fingerprint density at radius 1 is 1.09 bits per heavy atom. The lowest BCUT2D eigenvalue weighted by molar-refractivity contribution is 0.225. The monoisotopic (exact) mass is 331 g/mol. The van der Waals surface area contributed by atoms with Crippen LogP contribution in [0, 0.1) is 6.92 Å². The highest BCUT2D eigenvalue weighted by atomic mass is 32.2. The van der Waals surface area contributed by atoms with Gasteiger partial charge in [0.1, 0.15) is 5.75 Å². The van der Waals surface area contributed by atoms with Gasteiger partial charge in [-0.1, -0.05) is 42.0 Å². The van der Waals surface area contributed by atoms with Crippen LogP contribution in [0.25, 0.3) is 0 Å². The van der Waals surface area contributed by atoms with Crippen LogP contribution in [0.2, 0.25) is 0 Å². The van der Waals surface area contributed by atoms with Gasteiger partial charge in [0.2, 0.25) is 10.0 Å². The van der Waals surface area contributed by atoms with Crippen molar-refractivity contribution < 1.29 is 13.2 Å². The molecular formula is C18H21NO3S. The Labute approximate surface area is 137 Å². The first-order valence-electron chi connectivity index (χ1n) is 7.36. The van der Waals surface area contributed by atoms with Gasteiger partial charge in [-0.25, -0.2) is 8.42 Å². The van der Waals surface area contributed by atoms with Gasteiger partial charge in [-0.05, 0) is 50.6 Å². The molecule has 0 fully saturated rings. The predicted molar refractivity (Wildman–Crippen MR) is 91.8 cm³/mol. The van der Waals surface area contributed by atoms with Crippen LogP contribution in [0.3, 0.4) is 0 Å². The number of allylic oxidation sites excluding steroid dienone is 1. The van der Waals surface area contributed by atoms with Crippen LogP contribution in [0.15, 0.2) is 71.1 Å². The second-order valence-corrected chi connectivity index (χ2v) is 6.99. The summed E-state index contributed by atoms with van der Waals surface area (Å²) in [5, 5.41) is 0. The molecule has 0 aliphatic rings. The fraction of sp³-hybridized carbons (Fsp3) is 0.222. The first-order chi connectivity index (χ1) is 10.9. The normalized spacial score (nSPS) is 13.6. The number of ether oxygens (including phenoxy) is 1. The molecule has 2 rings (SSSR count). The van der Waals surface area contributed by atoms with Crippen LogP contribution >= 0.6 is 0 Å². The van der Waals surface area contributed by atoms with Crippen molar-refractivity contribution in [3.05, 3.63) is 71.8 Å². The molecule has 0 spiro atoms. The van der Waals surface area contributed by atoms with E-state index in [9.17, 15) is 8.42 Å². The predicted octanol–water partition coefficient (Wildman–Crippen LogP) is 3.64. The van der Waals surface area contributed by atoms with Gasteiger partial charge >= 0.3 is 0 Å². The number of benzene rings is 2. The molecular weight excluding hydrogens is 310 g/mol. The van der Waals surface area contributed by atoms with E-state index in [1.165, 1.54) is 0 Å². The Morgan fingerprint density at radius 2 is 1.70 bits per heavy atom. The summed E-state index contributed by atoms with van der Waals surface area (Å²) in [6.45, 7) is 5.58. The molecule has 0 amide bonds. The van der Waals surface area contributed by atoms with Gasteiger partial charge < -0.3 is 4.74 Å². The van der Waals surface area contributed by atoms with Gasteiger partial charge in [-0.15, -0.1) is 0 Å². The minimum absolute atomic E-state index is 0.216. The first-order valence-corrected chi connectivity index (χ1v) is 8.84. The third kappa shape index (κ3) is 4.68. The third-order valence-corrected chi connectivity index (χ3v) is 4.88. The molecule has 0 aliphatic carbocycles. The van der Waals surface area contributed by atoms with E-state index in [-0.39, 0.29) is 4.90 Å². The maximum absolute atomic E-state index is 12.5. The summed E-state index contributed by atoms with van der Waals surface area (Å²) < 4.78 is 33.5. The summed E-state index contributed by atoms with van der Waals surface area (Å²) >= 11 is 0. The van der Waals surface area contributed by atoms with Crippen LogP contribution in [-0.4, -0.2) is 14.6 Å². The number of aryl methyl sites for hydroxylation is 1. The van der Waals surface area contributed by atoms with Gasteiger partial charge in [0.05, 0.1) is 4.90 Å². The first kappa shape index (κ1) is 17.2. The summed E-state index contributed by atoms with van der Waals surface area (Å²) in [5.41, 5.74) is 1.79. The number of rotatable bonds is 6. The van der Waals surface area contributed by atoms with Crippen molar-refractivity contribution >= 4 is 10.0 Å². The fourth-order valence-corrected chi connectivity index (χ4v) is 3.07. The molecule has 1 unspecified atom stereocenters. The lowest BCUT2D eigenvalue weighted by Crippen LogP contribution is -2.39. The molecule has 0 saturated heterocycles. The highest BCUT2D eigenvalue weighted by Crippen LogP contribution is 2.17. The zero-order valence-electron chi connectivity index (χ0n) is 13.5. The smallest absolute Gasteiger partial charge is 0.243 e. The molecule has 122 valence electrons. The lowest BCUT2D eigenvalue weighted by Gasteiger charge is -2.21. The average molecular weight is 331 g/mol. The van der Waals surface area contributed by atoms with Crippen molar-refractivity contribution in [2.75, 3.05) is 0 Å². The molecule has 5 heteroatoms. The molecule has 0 aliphatic heterocycles. The Bertz CT molecular complexity index is 766. The number of nitrogens with one attached hydrogen (secondary N) is 1. The van der Waals surface area contributed by atoms with Crippen molar-refractivity contribution in [2.45, 2.75) is 31.9 Å². The molecule has 0 saturated carbocycles. The molecule has 0 radical (unpaired) electrons. The van der Waals surface area contributed by atoms with E-state index in [0.29, 0.717) is 5.75 Å². The summed E-state index contributed by atoms with van der Waals surface area (Å²) in [7, 11) is -3.67. The van der Waals surface area contributed by atoms with E-state index in [0.717, 1.165) is 11.1 Å². The third-order valence-electron chi connectivity index (χ3n) is 3.46. The van der Waals surface area contributed by atoms with Gasteiger partial charge in [0, 0.05) is 0 Å². The van der Waals surface area contributed by atoms with Crippen LogP contribution in [0.4, 0.5) is 0 Å². The molecule has 23 heavy (non-hydrogen) atoms. The Hall–Kier alpha value is -2.11. The van der Waals surface area contributed by atoms with E-state index in [1.807, 2.05) is 45.0 Å². The standard InChI is InChI=1S/C18H21NO3S/c1-4-15(3)18(22-16-8-6-5-7-9-16)19-23(20,21)17-12-10-14(2)11-13-17/h4-13,18-19H,1-3H3/b15-4-. The minimum atomic E-state index is -3.67. The van der Waals surface area contributed by atoms with E-state index < -0.39 is 16.3 Å². The van der Waals surface area contributed by atoms with Crippen LogP contribution in [0.5, 0.6) is 5.75 Å². The van der Waals surface area contributed by atoms with Crippen molar-refractivity contribution in [1.82, 2.24) is 4.72 Å². The number of sulfonamides is 1. The van der Waals surface area contributed by atoms with Crippen molar-refractivity contribution in [3.8, 4) is 5.75 Å². The van der Waals surface area contributed by atoms with Crippen molar-refractivity contribution in [1.29, 1.82) is 0 Å². The SMILES string of the molecule is C/C=C(/C)C(NS(=O)(=O)c1ccc(C)cc1)Oc1ccccc1. The average Bonchev–Trinajstić information content (AvgIpc) is 2.54. The van der Waals surface area contributed by atoms with Gasteiger partial charge in [0.25, 0.3) is 0 Å². The summed E-state index contributed by atoms with van der Waals surface area (Å²) in [6, 6.07) is 15.8. The van der Waals surface area contributed by atoms with Crippen molar-refractivity contribution in [3.63, 3.8) is 0 Å². The second-order valence-electron chi connectivity index (χ2n) is 5.28. The Morgan fingerprint density at radius 3 is 2.26 bits per heavy atom. The van der Waals surface area contributed by atoms with Crippen LogP contribution in [-0.2, 0) is 10.0 Å². The summed E-state index contributed by atoms with van der Waals surface area (Å²) in [6.07, 6.45) is 1.07. The van der Waals surface area contributed by atoms with E-state index in [4.69, 9.17) is 4.74 Å². The highest BCUT2D eigenvalue weighted by molar-refractivity contribution is 7.89. The quantitative estimate of drug-likeness (QED) is 0.649.